The summed E-state index contributed by atoms with van der Waals surface area (Å²) in [5.41, 5.74) is -0.499. The summed E-state index contributed by atoms with van der Waals surface area (Å²) < 4.78 is 5.29. The van der Waals surface area contributed by atoms with Crippen molar-refractivity contribution in [1.29, 1.82) is 0 Å². The van der Waals surface area contributed by atoms with Gasteiger partial charge < -0.3 is 15.0 Å². The first-order valence-corrected chi connectivity index (χ1v) is 13.3. The molecule has 0 unspecified atom stereocenters. The number of rotatable bonds is 3. The second kappa shape index (κ2) is 12.5. The summed E-state index contributed by atoms with van der Waals surface area (Å²) in [5.74, 6) is -0.0158. The molecule has 1 N–H and O–H groups in total. The van der Waals surface area contributed by atoms with Crippen molar-refractivity contribution in [3.63, 3.8) is 0 Å². The molecule has 1 fully saturated rings. The molecule has 5 nitrogen and oxygen atoms in total. The van der Waals surface area contributed by atoms with Crippen molar-refractivity contribution in [3.8, 4) is 0 Å². The van der Waals surface area contributed by atoms with E-state index < -0.39 is 13.5 Å². The Bertz CT molecular complexity index is 975. The van der Waals surface area contributed by atoms with E-state index >= 15 is 0 Å². The molecule has 0 bridgehead atoms. The summed E-state index contributed by atoms with van der Waals surface area (Å²) in [7, 11) is -0.446. The van der Waals surface area contributed by atoms with Gasteiger partial charge in [0.1, 0.15) is 5.60 Å². The normalized spacial score (nSPS) is 16.0. The monoisotopic (exact) mass is 490 g/mol. The van der Waals surface area contributed by atoms with Crippen LogP contribution in [0.2, 0.25) is 0 Å². The highest BCUT2D eigenvalue weighted by Crippen LogP contribution is 2.32. The fourth-order valence-electron chi connectivity index (χ4n) is 3.67. The molecule has 2 amide bonds. The van der Waals surface area contributed by atoms with E-state index in [9.17, 15) is 9.59 Å². The van der Waals surface area contributed by atoms with Crippen molar-refractivity contribution in [1.82, 2.24) is 10.2 Å². The second-order valence-corrected chi connectivity index (χ2v) is 11.6. The van der Waals surface area contributed by atoms with Gasteiger partial charge in [-0.05, 0) is 51.5 Å². The molecule has 184 valence electrons. The van der Waals surface area contributed by atoms with Gasteiger partial charge in [-0.3, -0.25) is 4.79 Å². The number of carbonyl (C=O) groups excluding carboxylic acids is 2. The van der Waals surface area contributed by atoms with Crippen molar-refractivity contribution in [2.75, 3.05) is 13.1 Å². The van der Waals surface area contributed by atoms with Gasteiger partial charge in [0.25, 0.3) is 0 Å². The molecule has 6 heteroatoms. The third-order valence-electron chi connectivity index (χ3n) is 5.38. The van der Waals surface area contributed by atoms with Crippen molar-refractivity contribution >= 4 is 35.8 Å². The molecule has 1 saturated heterocycles. The first-order chi connectivity index (χ1) is 16.7. The van der Waals surface area contributed by atoms with E-state index in [-0.39, 0.29) is 18.0 Å². The predicted molar refractivity (Wildman–Crippen MR) is 145 cm³/mol. The van der Waals surface area contributed by atoms with Crippen molar-refractivity contribution in [2.45, 2.75) is 45.8 Å². The SMILES string of the molecule is C[C@@H]1CNC(=O)CCN1C(=O)OC(C)(C)C.c1ccc(P(c2ccccc2)c2ccccc2)cc1. The highest BCUT2D eigenvalue weighted by Gasteiger charge is 2.28. The Balaban J connectivity index is 0.000000199. The molecule has 4 rings (SSSR count). The minimum atomic E-state index is -0.499. The van der Waals surface area contributed by atoms with Crippen LogP contribution >= 0.6 is 7.92 Å². The molecular formula is C29H35N2O3P. The van der Waals surface area contributed by atoms with Crippen LogP contribution in [0.4, 0.5) is 4.79 Å². The molecule has 0 radical (unpaired) electrons. The van der Waals surface area contributed by atoms with Crippen LogP contribution in [-0.4, -0.2) is 41.6 Å². The summed E-state index contributed by atoms with van der Waals surface area (Å²) in [6, 6.07) is 32.3. The Kier molecular flexibility index (Phi) is 9.45. The maximum atomic E-state index is 11.8. The molecule has 1 aliphatic heterocycles. The molecule has 3 aromatic carbocycles. The Morgan fingerprint density at radius 2 is 1.29 bits per heavy atom. The number of carbonyl (C=O) groups is 2. The first-order valence-electron chi connectivity index (χ1n) is 12.0. The Morgan fingerprint density at radius 3 is 1.69 bits per heavy atom. The molecule has 1 aliphatic rings. The minimum absolute atomic E-state index is 0.0158. The fourth-order valence-corrected chi connectivity index (χ4v) is 5.98. The van der Waals surface area contributed by atoms with E-state index in [1.807, 2.05) is 27.7 Å². The number of nitrogens with one attached hydrogen (secondary N) is 1. The molecule has 35 heavy (non-hydrogen) atoms. The van der Waals surface area contributed by atoms with Crippen LogP contribution in [0, 0.1) is 0 Å². The van der Waals surface area contributed by atoms with Crippen LogP contribution in [-0.2, 0) is 9.53 Å². The lowest BCUT2D eigenvalue weighted by Crippen LogP contribution is -2.44. The predicted octanol–water partition coefficient (Wildman–Crippen LogP) is 4.58. The number of hydrogen-bond acceptors (Lipinski definition) is 3. The number of hydrogen-bond donors (Lipinski definition) is 1. The largest absolute Gasteiger partial charge is 0.444 e. The Morgan fingerprint density at radius 1 is 0.857 bits per heavy atom. The van der Waals surface area contributed by atoms with Crippen molar-refractivity contribution in [3.05, 3.63) is 91.0 Å². The first kappa shape index (κ1) is 26.4. The zero-order chi connectivity index (χ0) is 25.3. The van der Waals surface area contributed by atoms with Gasteiger partial charge in [-0.15, -0.1) is 0 Å². The topological polar surface area (TPSA) is 58.6 Å². The van der Waals surface area contributed by atoms with Crippen LogP contribution in [0.5, 0.6) is 0 Å². The van der Waals surface area contributed by atoms with Crippen LogP contribution in [0.25, 0.3) is 0 Å². The number of ether oxygens (including phenoxy) is 1. The third kappa shape index (κ3) is 8.22. The summed E-state index contributed by atoms with van der Waals surface area (Å²) >= 11 is 0. The van der Waals surface area contributed by atoms with E-state index in [4.69, 9.17) is 4.74 Å². The van der Waals surface area contributed by atoms with Gasteiger partial charge in [-0.25, -0.2) is 4.79 Å². The van der Waals surface area contributed by atoms with E-state index in [0.29, 0.717) is 19.5 Å². The quantitative estimate of drug-likeness (QED) is 0.547. The van der Waals surface area contributed by atoms with E-state index in [1.54, 1.807) is 4.90 Å². The van der Waals surface area contributed by atoms with Gasteiger partial charge in [0.15, 0.2) is 0 Å². The van der Waals surface area contributed by atoms with Gasteiger partial charge in [-0.1, -0.05) is 91.0 Å². The third-order valence-corrected chi connectivity index (χ3v) is 7.82. The lowest BCUT2D eigenvalue weighted by Gasteiger charge is -2.29. The highest BCUT2D eigenvalue weighted by atomic mass is 31.1. The van der Waals surface area contributed by atoms with E-state index in [2.05, 4.69) is 96.3 Å². The average molecular weight is 491 g/mol. The number of nitrogens with zero attached hydrogens (tertiary/aromatic N) is 1. The molecule has 3 aromatic rings. The van der Waals surface area contributed by atoms with Gasteiger partial charge in [0, 0.05) is 25.6 Å². The van der Waals surface area contributed by atoms with E-state index in [0.717, 1.165) is 0 Å². The molecule has 1 atom stereocenters. The van der Waals surface area contributed by atoms with Crippen LogP contribution in [0.3, 0.4) is 0 Å². The summed E-state index contributed by atoms with van der Waals surface area (Å²) in [5, 5.41) is 6.95. The lowest BCUT2D eigenvalue weighted by molar-refractivity contribution is -0.120. The van der Waals surface area contributed by atoms with Crippen molar-refractivity contribution in [2.24, 2.45) is 0 Å². The highest BCUT2D eigenvalue weighted by molar-refractivity contribution is 7.79. The standard InChI is InChI=1S/C18H15P.C11H20N2O3/c1-4-10-16(11-5-1)19(17-12-6-2-7-13-17)18-14-8-3-9-15-18;1-8-7-12-9(14)5-6-13(8)10(15)16-11(2,3)4/h1-15H;8H,5-7H2,1-4H3,(H,12,14)/t;8-/m.1/s1. The maximum absolute atomic E-state index is 11.8. The smallest absolute Gasteiger partial charge is 0.410 e. The van der Waals surface area contributed by atoms with Crippen LogP contribution in [0.15, 0.2) is 91.0 Å². The summed E-state index contributed by atoms with van der Waals surface area (Å²) in [6.45, 7) is 8.29. The number of benzene rings is 3. The summed E-state index contributed by atoms with van der Waals surface area (Å²) in [6.07, 6.45) is -0.0136. The average Bonchev–Trinajstić information content (AvgIpc) is 3.01. The zero-order valence-corrected chi connectivity index (χ0v) is 21.9. The lowest BCUT2D eigenvalue weighted by atomic mass is 10.2. The second-order valence-electron chi connectivity index (χ2n) is 9.42. The van der Waals surface area contributed by atoms with Gasteiger partial charge in [0.05, 0.1) is 0 Å². The molecule has 0 aliphatic carbocycles. The zero-order valence-electron chi connectivity index (χ0n) is 21.0. The molecular weight excluding hydrogens is 455 g/mol. The molecule has 0 saturated carbocycles. The summed E-state index contributed by atoms with van der Waals surface area (Å²) in [4.78, 5) is 24.6. The van der Waals surface area contributed by atoms with Crippen molar-refractivity contribution < 1.29 is 14.3 Å². The molecule has 1 heterocycles. The minimum Gasteiger partial charge on any atom is -0.444 e. The maximum Gasteiger partial charge on any atom is 0.410 e. The Labute approximate surface area is 210 Å². The van der Waals surface area contributed by atoms with Gasteiger partial charge >= 0.3 is 6.09 Å². The Hall–Kier alpha value is -3.17. The van der Waals surface area contributed by atoms with Crippen LogP contribution in [0.1, 0.15) is 34.1 Å². The van der Waals surface area contributed by atoms with E-state index in [1.165, 1.54) is 15.9 Å². The van der Waals surface area contributed by atoms with Gasteiger partial charge in [-0.2, -0.15) is 0 Å². The number of amides is 2. The fraction of sp³-hybridized carbons (Fsp3) is 0.310. The van der Waals surface area contributed by atoms with Crippen LogP contribution < -0.4 is 21.2 Å². The molecule has 0 spiro atoms. The molecule has 0 aromatic heterocycles. The van der Waals surface area contributed by atoms with Gasteiger partial charge in [0.2, 0.25) is 5.91 Å².